The van der Waals surface area contributed by atoms with Crippen LogP contribution in [0.5, 0.6) is 0 Å². The lowest BCUT2D eigenvalue weighted by atomic mass is 9.88. The first kappa shape index (κ1) is 26.0. The van der Waals surface area contributed by atoms with Crippen molar-refractivity contribution in [1.29, 1.82) is 0 Å². The monoisotopic (exact) mass is 452 g/mol. The van der Waals surface area contributed by atoms with Gasteiger partial charge in [0.2, 0.25) is 5.91 Å². The summed E-state index contributed by atoms with van der Waals surface area (Å²) in [4.78, 5) is 12.0. The molecule has 1 aromatic rings. The van der Waals surface area contributed by atoms with E-state index < -0.39 is 18.3 Å². The molecule has 4 N–H and O–H groups in total. The molecule has 2 rings (SSSR count). The number of nitrogens with one attached hydrogen (secondary N) is 1. The van der Waals surface area contributed by atoms with E-state index in [9.17, 15) is 20.1 Å². The SMILES string of the molecule is CCCCC[C@H](O)/C=C/[C@@H]1[C@@H](CCCCCCC(=O)Nc2cc(C)ns2)[C@@H](O)C[C@H]1O. The highest BCUT2D eigenvalue weighted by Crippen LogP contribution is 2.37. The fourth-order valence-corrected chi connectivity index (χ4v) is 5.05. The van der Waals surface area contributed by atoms with Crippen LogP contribution >= 0.6 is 11.5 Å². The molecule has 7 heteroatoms. The van der Waals surface area contributed by atoms with Crippen LogP contribution in [-0.2, 0) is 4.79 Å². The lowest BCUT2D eigenvalue weighted by Gasteiger charge is -2.21. The maximum atomic E-state index is 12.0. The number of amides is 1. The molecule has 6 nitrogen and oxygen atoms in total. The van der Waals surface area contributed by atoms with Gasteiger partial charge in [-0.3, -0.25) is 4.79 Å². The van der Waals surface area contributed by atoms with Crippen LogP contribution in [0.3, 0.4) is 0 Å². The van der Waals surface area contributed by atoms with Crippen LogP contribution in [0.25, 0.3) is 0 Å². The lowest BCUT2D eigenvalue weighted by Crippen LogP contribution is -2.21. The first-order chi connectivity index (χ1) is 14.9. The van der Waals surface area contributed by atoms with Crippen LogP contribution in [-0.4, -0.2) is 43.9 Å². The maximum Gasteiger partial charge on any atom is 0.225 e. The molecule has 176 valence electrons. The number of rotatable bonds is 14. The predicted molar refractivity (Wildman–Crippen MR) is 126 cm³/mol. The summed E-state index contributed by atoms with van der Waals surface area (Å²) >= 11 is 1.30. The van der Waals surface area contributed by atoms with E-state index in [1.54, 1.807) is 6.08 Å². The second kappa shape index (κ2) is 14.0. The van der Waals surface area contributed by atoms with Crippen molar-refractivity contribution in [3.05, 3.63) is 23.9 Å². The minimum Gasteiger partial charge on any atom is -0.393 e. The Labute approximate surface area is 190 Å². The number of carbonyl (C=O) groups is 1. The van der Waals surface area contributed by atoms with Gasteiger partial charge in [-0.2, -0.15) is 4.37 Å². The molecule has 0 aromatic carbocycles. The van der Waals surface area contributed by atoms with Crippen molar-refractivity contribution in [3.8, 4) is 0 Å². The Morgan fingerprint density at radius 1 is 1.23 bits per heavy atom. The zero-order valence-corrected chi connectivity index (χ0v) is 19.8. The number of anilines is 1. The fourth-order valence-electron chi connectivity index (χ4n) is 4.37. The molecule has 1 fully saturated rings. The van der Waals surface area contributed by atoms with E-state index in [1.807, 2.05) is 19.1 Å². The maximum absolute atomic E-state index is 12.0. The molecule has 1 saturated carbocycles. The molecule has 1 amide bonds. The normalized spacial score (nSPS) is 24.7. The van der Waals surface area contributed by atoms with Crippen LogP contribution in [0.4, 0.5) is 5.00 Å². The van der Waals surface area contributed by atoms with E-state index in [0.29, 0.717) is 12.8 Å². The number of aryl methyl sites for hydroxylation is 1. The summed E-state index contributed by atoms with van der Waals surface area (Å²) in [6.45, 7) is 4.05. The molecular weight excluding hydrogens is 412 g/mol. The molecule has 1 aliphatic rings. The summed E-state index contributed by atoms with van der Waals surface area (Å²) < 4.78 is 4.15. The van der Waals surface area contributed by atoms with Gasteiger partial charge in [0.1, 0.15) is 5.00 Å². The number of carbonyl (C=O) groups excluding carboxylic acids is 1. The Morgan fingerprint density at radius 2 is 2.00 bits per heavy atom. The summed E-state index contributed by atoms with van der Waals surface area (Å²) in [6.07, 6.45) is 11.8. The molecule has 31 heavy (non-hydrogen) atoms. The standard InChI is InChI=1S/C24H40N2O4S/c1-3-4-7-10-18(27)13-14-20-19(21(28)16-22(20)29)11-8-5-6-9-12-23(30)25-24-15-17(2)26-31-24/h13-15,18-22,27-29H,3-12,16H2,1-2H3,(H,25,30)/b14-13+/t18-,19+,20+,21-,22+/m0/s1. The van der Waals surface area contributed by atoms with Crippen molar-refractivity contribution >= 4 is 22.4 Å². The van der Waals surface area contributed by atoms with Crippen molar-refractivity contribution < 1.29 is 20.1 Å². The van der Waals surface area contributed by atoms with Gasteiger partial charge in [0.15, 0.2) is 0 Å². The second-order valence-electron chi connectivity index (χ2n) is 8.89. The van der Waals surface area contributed by atoms with E-state index >= 15 is 0 Å². The van der Waals surface area contributed by atoms with E-state index in [0.717, 1.165) is 68.5 Å². The predicted octanol–water partition coefficient (Wildman–Crippen LogP) is 4.59. The summed E-state index contributed by atoms with van der Waals surface area (Å²) in [5.41, 5.74) is 0.915. The Kier molecular flexibility index (Phi) is 11.7. The van der Waals surface area contributed by atoms with Gasteiger partial charge in [-0.1, -0.05) is 57.6 Å². The van der Waals surface area contributed by atoms with Crippen molar-refractivity contribution in [3.63, 3.8) is 0 Å². The van der Waals surface area contributed by atoms with Crippen molar-refractivity contribution in [2.24, 2.45) is 11.8 Å². The molecule has 0 saturated heterocycles. The van der Waals surface area contributed by atoms with Crippen LogP contribution < -0.4 is 5.32 Å². The van der Waals surface area contributed by atoms with Gasteiger partial charge in [0.05, 0.1) is 24.0 Å². The molecule has 1 heterocycles. The molecule has 1 aliphatic carbocycles. The van der Waals surface area contributed by atoms with E-state index in [2.05, 4.69) is 16.6 Å². The van der Waals surface area contributed by atoms with Gasteiger partial charge in [-0.15, -0.1) is 0 Å². The number of nitrogens with zero attached hydrogens (tertiary/aromatic N) is 1. The zero-order chi connectivity index (χ0) is 22.6. The molecule has 1 aromatic heterocycles. The van der Waals surface area contributed by atoms with Crippen molar-refractivity contribution in [2.75, 3.05) is 5.32 Å². The number of unbranched alkanes of at least 4 members (excludes halogenated alkanes) is 5. The molecule has 0 unspecified atom stereocenters. The van der Waals surface area contributed by atoms with Gasteiger partial charge in [0, 0.05) is 18.8 Å². The average molecular weight is 453 g/mol. The second-order valence-corrected chi connectivity index (χ2v) is 9.70. The Hall–Kier alpha value is -1.28. The lowest BCUT2D eigenvalue weighted by molar-refractivity contribution is -0.116. The van der Waals surface area contributed by atoms with Crippen LogP contribution in [0.15, 0.2) is 18.2 Å². The minimum absolute atomic E-state index is 0.0284. The minimum atomic E-state index is -0.543. The number of aliphatic hydroxyl groups is 3. The Balaban J connectivity index is 1.65. The third-order valence-electron chi connectivity index (χ3n) is 6.16. The smallest absolute Gasteiger partial charge is 0.225 e. The topological polar surface area (TPSA) is 103 Å². The average Bonchev–Trinajstić information content (AvgIpc) is 3.24. The highest BCUT2D eigenvalue weighted by Gasteiger charge is 2.39. The van der Waals surface area contributed by atoms with Crippen LogP contribution in [0, 0.1) is 18.8 Å². The third kappa shape index (κ3) is 9.39. The quantitative estimate of drug-likeness (QED) is 0.244. The first-order valence-electron chi connectivity index (χ1n) is 11.9. The summed E-state index contributed by atoms with van der Waals surface area (Å²) in [5.74, 6) is -0.0305. The Morgan fingerprint density at radius 3 is 2.71 bits per heavy atom. The fraction of sp³-hybridized carbons (Fsp3) is 0.750. The van der Waals surface area contributed by atoms with Gasteiger partial charge in [0.25, 0.3) is 0 Å². The molecular formula is C24H40N2O4S. The highest BCUT2D eigenvalue weighted by molar-refractivity contribution is 7.10. The van der Waals surface area contributed by atoms with Gasteiger partial charge in [-0.05, 0) is 49.7 Å². The third-order valence-corrected chi connectivity index (χ3v) is 6.95. The molecule has 0 bridgehead atoms. The number of aliphatic hydroxyl groups excluding tert-OH is 3. The number of hydrogen-bond donors (Lipinski definition) is 4. The number of aromatic nitrogens is 1. The summed E-state index contributed by atoms with van der Waals surface area (Å²) in [7, 11) is 0. The van der Waals surface area contributed by atoms with E-state index in [4.69, 9.17) is 0 Å². The van der Waals surface area contributed by atoms with Gasteiger partial charge < -0.3 is 20.6 Å². The number of hydrogen-bond acceptors (Lipinski definition) is 6. The van der Waals surface area contributed by atoms with E-state index in [1.165, 1.54) is 11.5 Å². The van der Waals surface area contributed by atoms with Crippen molar-refractivity contribution in [2.45, 2.75) is 103 Å². The highest BCUT2D eigenvalue weighted by atomic mass is 32.1. The van der Waals surface area contributed by atoms with Gasteiger partial charge in [-0.25, -0.2) is 0 Å². The van der Waals surface area contributed by atoms with Crippen LogP contribution in [0.2, 0.25) is 0 Å². The zero-order valence-electron chi connectivity index (χ0n) is 19.0. The van der Waals surface area contributed by atoms with Gasteiger partial charge >= 0.3 is 0 Å². The molecule has 0 radical (unpaired) electrons. The summed E-state index contributed by atoms with van der Waals surface area (Å²) in [5, 5.41) is 34.5. The van der Waals surface area contributed by atoms with Crippen LogP contribution in [0.1, 0.15) is 83.2 Å². The largest absolute Gasteiger partial charge is 0.393 e. The molecule has 5 atom stereocenters. The summed E-state index contributed by atoms with van der Waals surface area (Å²) in [6, 6.07) is 1.87. The molecule has 0 spiro atoms. The van der Waals surface area contributed by atoms with Crippen molar-refractivity contribution in [1.82, 2.24) is 4.37 Å². The Bertz CT molecular complexity index is 678. The van der Waals surface area contributed by atoms with E-state index in [-0.39, 0.29) is 17.7 Å². The first-order valence-corrected chi connectivity index (χ1v) is 12.6. The molecule has 0 aliphatic heterocycles.